The van der Waals surface area contributed by atoms with E-state index in [4.69, 9.17) is 4.74 Å². The Labute approximate surface area is 146 Å². The van der Waals surface area contributed by atoms with Gasteiger partial charge in [-0.3, -0.25) is 10.1 Å². The van der Waals surface area contributed by atoms with Gasteiger partial charge >= 0.3 is 0 Å². The zero-order valence-electron chi connectivity index (χ0n) is 14.2. The van der Waals surface area contributed by atoms with E-state index in [2.05, 4.69) is 16.8 Å². The van der Waals surface area contributed by atoms with Gasteiger partial charge in [-0.15, -0.1) is 0 Å². The molecule has 136 valence electrons. The second-order valence-corrected chi connectivity index (χ2v) is 6.65. The molecule has 3 rings (SSSR count). The first-order valence-corrected chi connectivity index (χ1v) is 8.77. The van der Waals surface area contributed by atoms with Gasteiger partial charge in [-0.1, -0.05) is 12.7 Å². The molecule has 0 atom stereocenters. The van der Waals surface area contributed by atoms with Crippen molar-refractivity contribution in [1.29, 1.82) is 0 Å². The topological polar surface area (TPSA) is 67.6 Å². The van der Waals surface area contributed by atoms with Crippen LogP contribution in [0.15, 0.2) is 18.7 Å². The molecule has 0 bridgehead atoms. The molecule has 0 spiro atoms. The molecule has 0 amide bonds. The molecule has 7 heteroatoms. The van der Waals surface area contributed by atoms with Crippen molar-refractivity contribution < 1.29 is 14.1 Å². The van der Waals surface area contributed by atoms with Crippen molar-refractivity contribution in [2.45, 2.75) is 37.8 Å². The van der Waals surface area contributed by atoms with Crippen LogP contribution in [0.1, 0.15) is 31.2 Å². The third-order valence-corrected chi connectivity index (χ3v) is 5.13. The predicted molar refractivity (Wildman–Crippen MR) is 95.2 cm³/mol. The lowest BCUT2D eigenvalue weighted by atomic mass is 9.99. The van der Waals surface area contributed by atoms with E-state index >= 15 is 0 Å². The van der Waals surface area contributed by atoms with E-state index in [1.165, 1.54) is 12.1 Å². The number of ether oxygens (including phenoxy) is 1. The van der Waals surface area contributed by atoms with Crippen molar-refractivity contribution in [2.75, 3.05) is 31.6 Å². The van der Waals surface area contributed by atoms with Crippen molar-refractivity contribution in [2.24, 2.45) is 0 Å². The molecule has 25 heavy (non-hydrogen) atoms. The van der Waals surface area contributed by atoms with Gasteiger partial charge in [-0.2, -0.15) is 0 Å². The number of nitro benzene ring substituents is 1. The summed E-state index contributed by atoms with van der Waals surface area (Å²) in [6.07, 6.45) is 5.34. The minimum absolute atomic E-state index is 0.151. The molecule has 6 nitrogen and oxygen atoms in total. The lowest BCUT2D eigenvalue weighted by Crippen LogP contribution is -2.46. The normalized spacial score (nSPS) is 20.4. The second kappa shape index (κ2) is 7.93. The maximum absolute atomic E-state index is 13.8. The number of nitro groups is 1. The standard InChI is InChI=1S/C18H24FN3O3/c1-2-13-11-17(18(22(23)24)12-16(13)19)20-14-3-7-21(8-4-14)15-5-9-25-10-6-15/h2,11-12,14-15,20H,1,3-10H2. The first-order valence-electron chi connectivity index (χ1n) is 8.77. The summed E-state index contributed by atoms with van der Waals surface area (Å²) in [5, 5.41) is 14.5. The summed E-state index contributed by atoms with van der Waals surface area (Å²) in [6, 6.07) is 3.18. The van der Waals surface area contributed by atoms with Crippen molar-refractivity contribution in [1.82, 2.24) is 4.90 Å². The fourth-order valence-corrected chi connectivity index (χ4v) is 3.68. The molecule has 1 aromatic rings. The fourth-order valence-electron chi connectivity index (χ4n) is 3.68. The number of hydrogen-bond acceptors (Lipinski definition) is 5. The number of anilines is 1. The summed E-state index contributed by atoms with van der Waals surface area (Å²) in [4.78, 5) is 13.2. The largest absolute Gasteiger partial charge is 0.381 e. The average Bonchev–Trinajstić information content (AvgIpc) is 2.64. The summed E-state index contributed by atoms with van der Waals surface area (Å²) in [5.41, 5.74) is 0.411. The number of piperidine rings is 1. The lowest BCUT2D eigenvalue weighted by Gasteiger charge is -2.39. The van der Waals surface area contributed by atoms with Crippen LogP contribution in [0.5, 0.6) is 0 Å². The molecule has 2 saturated heterocycles. The monoisotopic (exact) mass is 349 g/mol. The van der Waals surface area contributed by atoms with E-state index in [9.17, 15) is 14.5 Å². The minimum Gasteiger partial charge on any atom is -0.381 e. The van der Waals surface area contributed by atoms with Gasteiger partial charge < -0.3 is 15.0 Å². The van der Waals surface area contributed by atoms with Crippen LogP contribution in [0.2, 0.25) is 0 Å². The van der Waals surface area contributed by atoms with Crippen LogP contribution in [0.25, 0.3) is 6.08 Å². The highest BCUT2D eigenvalue weighted by Crippen LogP contribution is 2.30. The molecule has 1 N–H and O–H groups in total. The quantitative estimate of drug-likeness (QED) is 0.651. The maximum Gasteiger partial charge on any atom is 0.295 e. The van der Waals surface area contributed by atoms with Gasteiger partial charge in [0.25, 0.3) is 5.69 Å². The molecule has 2 aliphatic heterocycles. The highest BCUT2D eigenvalue weighted by molar-refractivity contribution is 5.68. The second-order valence-electron chi connectivity index (χ2n) is 6.65. The van der Waals surface area contributed by atoms with Crippen molar-refractivity contribution in [3.05, 3.63) is 40.2 Å². The van der Waals surface area contributed by atoms with Gasteiger partial charge in [0, 0.05) is 44.0 Å². The van der Waals surface area contributed by atoms with E-state index in [0.717, 1.165) is 58.1 Å². The zero-order chi connectivity index (χ0) is 17.8. The smallest absolute Gasteiger partial charge is 0.295 e. The summed E-state index contributed by atoms with van der Waals surface area (Å²) in [5.74, 6) is -0.624. The summed E-state index contributed by atoms with van der Waals surface area (Å²) >= 11 is 0. The number of benzene rings is 1. The third-order valence-electron chi connectivity index (χ3n) is 5.13. The van der Waals surface area contributed by atoms with Crippen LogP contribution >= 0.6 is 0 Å². The van der Waals surface area contributed by atoms with E-state index in [0.29, 0.717) is 11.7 Å². The van der Waals surface area contributed by atoms with E-state index in [1.807, 2.05) is 0 Å². The Morgan fingerprint density at radius 1 is 1.28 bits per heavy atom. The predicted octanol–water partition coefficient (Wildman–Crippen LogP) is 3.43. The molecule has 0 unspecified atom stereocenters. The molecule has 0 aromatic heterocycles. The SMILES string of the molecule is C=Cc1cc(NC2CCN(C3CCOCC3)CC2)c([N+](=O)[O-])cc1F. The number of halogens is 1. The molecular formula is C18H24FN3O3. The Morgan fingerprint density at radius 2 is 1.96 bits per heavy atom. The van der Waals surface area contributed by atoms with Crippen LogP contribution in [0.4, 0.5) is 15.8 Å². The number of nitrogens with zero attached hydrogens (tertiary/aromatic N) is 2. The number of likely N-dealkylation sites (tertiary alicyclic amines) is 1. The number of hydrogen-bond donors (Lipinski definition) is 1. The Kier molecular flexibility index (Phi) is 5.65. The highest BCUT2D eigenvalue weighted by atomic mass is 19.1. The zero-order valence-corrected chi connectivity index (χ0v) is 14.2. The summed E-state index contributed by atoms with van der Waals surface area (Å²) < 4.78 is 19.2. The van der Waals surface area contributed by atoms with Gasteiger partial charge in [0.05, 0.1) is 11.0 Å². The first kappa shape index (κ1) is 17.8. The van der Waals surface area contributed by atoms with E-state index in [-0.39, 0.29) is 17.3 Å². The minimum atomic E-state index is -0.624. The summed E-state index contributed by atoms with van der Waals surface area (Å²) in [6.45, 7) is 7.15. The molecule has 0 saturated carbocycles. The highest BCUT2D eigenvalue weighted by Gasteiger charge is 2.28. The van der Waals surface area contributed by atoms with Crippen LogP contribution in [-0.4, -0.2) is 48.2 Å². The van der Waals surface area contributed by atoms with Gasteiger partial charge in [-0.05, 0) is 31.7 Å². The Morgan fingerprint density at radius 3 is 2.56 bits per heavy atom. The van der Waals surface area contributed by atoms with Crippen molar-refractivity contribution in [3.63, 3.8) is 0 Å². The molecular weight excluding hydrogens is 325 g/mol. The van der Waals surface area contributed by atoms with E-state index in [1.54, 1.807) is 0 Å². The van der Waals surface area contributed by atoms with Gasteiger partial charge in [0.2, 0.25) is 0 Å². The maximum atomic E-state index is 13.8. The van der Waals surface area contributed by atoms with Crippen LogP contribution in [-0.2, 0) is 4.74 Å². The van der Waals surface area contributed by atoms with E-state index < -0.39 is 10.7 Å². The Balaban J connectivity index is 1.65. The average molecular weight is 349 g/mol. The molecule has 0 aliphatic carbocycles. The van der Waals surface area contributed by atoms with Crippen LogP contribution < -0.4 is 5.32 Å². The molecule has 1 aromatic carbocycles. The van der Waals surface area contributed by atoms with Gasteiger partial charge in [0.15, 0.2) is 0 Å². The molecule has 0 radical (unpaired) electrons. The van der Waals surface area contributed by atoms with Gasteiger partial charge in [0.1, 0.15) is 11.5 Å². The fraction of sp³-hybridized carbons (Fsp3) is 0.556. The Hall–Kier alpha value is -1.99. The van der Waals surface area contributed by atoms with Crippen molar-refractivity contribution >= 4 is 17.5 Å². The molecule has 2 heterocycles. The summed E-state index contributed by atoms with van der Waals surface area (Å²) in [7, 11) is 0. The Bertz CT molecular complexity index is 639. The first-order chi connectivity index (χ1) is 12.1. The van der Waals surface area contributed by atoms with Crippen LogP contribution in [0, 0.1) is 15.9 Å². The van der Waals surface area contributed by atoms with Gasteiger partial charge in [-0.25, -0.2) is 4.39 Å². The lowest BCUT2D eigenvalue weighted by molar-refractivity contribution is -0.384. The number of rotatable bonds is 5. The molecule has 2 aliphatic rings. The number of nitrogens with one attached hydrogen (secondary N) is 1. The van der Waals surface area contributed by atoms with Crippen LogP contribution in [0.3, 0.4) is 0 Å². The van der Waals surface area contributed by atoms with Crippen molar-refractivity contribution in [3.8, 4) is 0 Å². The third kappa shape index (κ3) is 4.16. The molecule has 2 fully saturated rings.